The summed E-state index contributed by atoms with van der Waals surface area (Å²) in [5, 5.41) is 1.87. The van der Waals surface area contributed by atoms with Crippen LogP contribution in [0.15, 0.2) is 48.5 Å². The highest BCUT2D eigenvalue weighted by atomic mass is 19.4. The van der Waals surface area contributed by atoms with E-state index >= 15 is 0 Å². The summed E-state index contributed by atoms with van der Waals surface area (Å²) in [7, 11) is 0. The topological polar surface area (TPSA) is 29.1 Å². The van der Waals surface area contributed by atoms with Crippen LogP contribution in [0.3, 0.4) is 0 Å². The van der Waals surface area contributed by atoms with Gasteiger partial charge in [-0.15, -0.1) is 0 Å². The van der Waals surface area contributed by atoms with Crippen molar-refractivity contribution in [3.05, 3.63) is 71.3 Å². The second-order valence-electron chi connectivity index (χ2n) is 5.19. The van der Waals surface area contributed by atoms with Crippen LogP contribution in [0.2, 0.25) is 0 Å². The summed E-state index contributed by atoms with van der Waals surface area (Å²) in [6, 6.07) is 7.19. The highest BCUT2D eigenvalue weighted by Gasteiger charge is 2.41. The van der Waals surface area contributed by atoms with Gasteiger partial charge in [0.25, 0.3) is 0 Å². The second-order valence-corrected chi connectivity index (χ2v) is 5.19. The van der Waals surface area contributed by atoms with Crippen LogP contribution in [0, 0.1) is 11.6 Å². The minimum Gasteiger partial charge on any atom is -0.341 e. The van der Waals surface area contributed by atoms with Crippen molar-refractivity contribution in [2.24, 2.45) is 0 Å². The molecule has 1 atom stereocenters. The molecule has 0 radical (unpaired) electrons. The van der Waals surface area contributed by atoms with Crippen molar-refractivity contribution in [3.8, 4) is 0 Å². The summed E-state index contributed by atoms with van der Waals surface area (Å²) >= 11 is 0. The van der Waals surface area contributed by atoms with Gasteiger partial charge in [-0.25, -0.2) is 8.78 Å². The third kappa shape index (κ3) is 4.78. The lowest BCUT2D eigenvalue weighted by Gasteiger charge is -2.22. The largest absolute Gasteiger partial charge is 0.412 e. The maximum absolute atomic E-state index is 13.4. The number of amides is 1. The Bertz CT molecular complexity index is 697. The molecule has 1 N–H and O–H groups in total. The lowest BCUT2D eigenvalue weighted by molar-refractivity contribution is -0.163. The van der Waals surface area contributed by atoms with Crippen LogP contribution in [0.4, 0.5) is 22.0 Å². The Balaban J connectivity index is 2.05. The van der Waals surface area contributed by atoms with E-state index in [1.54, 1.807) is 6.07 Å². The normalized spacial score (nSPS) is 12.7. The highest BCUT2D eigenvalue weighted by Crippen LogP contribution is 2.32. The summed E-state index contributed by atoms with van der Waals surface area (Å²) in [4.78, 5) is 11.8. The first kappa shape index (κ1) is 17.9. The van der Waals surface area contributed by atoms with Crippen LogP contribution >= 0.6 is 0 Å². The molecule has 0 heterocycles. The smallest absolute Gasteiger partial charge is 0.341 e. The van der Waals surface area contributed by atoms with E-state index in [0.29, 0.717) is 0 Å². The minimum absolute atomic E-state index is 0.0213. The molecule has 0 aliphatic carbocycles. The average molecular weight is 343 g/mol. The molecule has 0 aliphatic heterocycles. The van der Waals surface area contributed by atoms with Gasteiger partial charge in [-0.3, -0.25) is 4.79 Å². The van der Waals surface area contributed by atoms with E-state index in [1.807, 2.05) is 5.32 Å². The van der Waals surface area contributed by atoms with E-state index in [-0.39, 0.29) is 24.0 Å². The summed E-state index contributed by atoms with van der Waals surface area (Å²) in [5.74, 6) is -2.06. The lowest BCUT2D eigenvalue weighted by Crippen LogP contribution is -2.38. The fourth-order valence-electron chi connectivity index (χ4n) is 2.19. The van der Waals surface area contributed by atoms with Gasteiger partial charge in [-0.05, 0) is 35.7 Å². The Morgan fingerprint density at radius 3 is 2.21 bits per heavy atom. The van der Waals surface area contributed by atoms with E-state index in [1.165, 1.54) is 18.2 Å². The molecule has 0 saturated heterocycles. The van der Waals surface area contributed by atoms with Crippen LogP contribution in [-0.4, -0.2) is 12.1 Å². The predicted octanol–water partition coefficient (Wildman–Crippen LogP) is 4.32. The minimum atomic E-state index is -4.73. The molecule has 0 aromatic heterocycles. The Kier molecular flexibility index (Phi) is 5.54. The van der Waals surface area contributed by atoms with E-state index in [0.717, 1.165) is 24.3 Å². The van der Waals surface area contributed by atoms with Gasteiger partial charge in [0.05, 0.1) is 0 Å². The molecular weight excluding hydrogens is 329 g/mol. The van der Waals surface area contributed by atoms with Gasteiger partial charge in [0.15, 0.2) is 6.04 Å². The maximum Gasteiger partial charge on any atom is 0.412 e. The van der Waals surface area contributed by atoms with Crippen molar-refractivity contribution >= 4 is 5.91 Å². The maximum atomic E-state index is 13.4. The number of halogens is 5. The standard InChI is InChI=1S/C17H14F5NO/c18-13-8-5-12(6-9-13)16(17(20,21)22)23-15(24)10-7-11-3-1-2-4-14(11)19/h1-6,8-9,16H,7,10H2,(H,23,24). The third-order valence-electron chi connectivity index (χ3n) is 3.42. The van der Waals surface area contributed by atoms with E-state index in [9.17, 15) is 26.7 Å². The fourth-order valence-corrected chi connectivity index (χ4v) is 2.19. The van der Waals surface area contributed by atoms with Crippen molar-refractivity contribution in [3.63, 3.8) is 0 Å². The van der Waals surface area contributed by atoms with E-state index in [4.69, 9.17) is 0 Å². The molecular formula is C17H14F5NO. The number of benzene rings is 2. The van der Waals surface area contributed by atoms with Crippen molar-refractivity contribution < 1.29 is 26.7 Å². The predicted molar refractivity (Wildman–Crippen MR) is 78.1 cm³/mol. The SMILES string of the molecule is O=C(CCc1ccccc1F)NC(c1ccc(F)cc1)C(F)(F)F. The Labute approximate surface area is 135 Å². The fraction of sp³-hybridized carbons (Fsp3) is 0.235. The first-order valence-electron chi connectivity index (χ1n) is 7.12. The van der Waals surface area contributed by atoms with Crippen LogP contribution in [-0.2, 0) is 11.2 Å². The van der Waals surface area contributed by atoms with Gasteiger partial charge >= 0.3 is 6.18 Å². The molecule has 0 saturated carbocycles. The average Bonchev–Trinajstić information content (AvgIpc) is 2.52. The van der Waals surface area contributed by atoms with Crippen molar-refractivity contribution in [1.82, 2.24) is 5.32 Å². The summed E-state index contributed by atoms with van der Waals surface area (Å²) in [6.45, 7) is 0. The first-order valence-corrected chi connectivity index (χ1v) is 7.12. The first-order chi connectivity index (χ1) is 11.3. The van der Waals surface area contributed by atoms with E-state index in [2.05, 4.69) is 0 Å². The van der Waals surface area contributed by atoms with Gasteiger partial charge in [-0.1, -0.05) is 30.3 Å². The number of alkyl halides is 3. The molecule has 0 aliphatic rings. The van der Waals surface area contributed by atoms with Crippen LogP contribution in [0.25, 0.3) is 0 Å². The molecule has 2 aromatic rings. The summed E-state index contributed by atoms with van der Waals surface area (Å²) < 4.78 is 65.7. The molecule has 7 heteroatoms. The molecule has 0 fully saturated rings. The molecule has 2 aromatic carbocycles. The third-order valence-corrected chi connectivity index (χ3v) is 3.42. The van der Waals surface area contributed by atoms with Crippen molar-refractivity contribution in [1.29, 1.82) is 0 Å². The molecule has 24 heavy (non-hydrogen) atoms. The van der Waals surface area contributed by atoms with Gasteiger partial charge < -0.3 is 5.32 Å². The second kappa shape index (κ2) is 7.42. The van der Waals surface area contributed by atoms with Crippen LogP contribution in [0.5, 0.6) is 0 Å². The molecule has 1 unspecified atom stereocenters. The number of hydrogen-bond donors (Lipinski definition) is 1. The van der Waals surface area contributed by atoms with Gasteiger partial charge in [0.1, 0.15) is 11.6 Å². The van der Waals surface area contributed by atoms with Gasteiger partial charge in [0, 0.05) is 6.42 Å². The number of rotatable bonds is 5. The molecule has 128 valence electrons. The Hall–Kier alpha value is -2.44. The zero-order valence-electron chi connectivity index (χ0n) is 12.4. The van der Waals surface area contributed by atoms with Crippen LogP contribution < -0.4 is 5.32 Å². The molecule has 0 spiro atoms. The van der Waals surface area contributed by atoms with Crippen molar-refractivity contribution in [2.75, 3.05) is 0 Å². The lowest BCUT2D eigenvalue weighted by atomic mass is 10.1. The number of hydrogen-bond acceptors (Lipinski definition) is 1. The van der Waals surface area contributed by atoms with Gasteiger partial charge in [-0.2, -0.15) is 13.2 Å². The summed E-state index contributed by atoms with van der Waals surface area (Å²) in [5.41, 5.74) is -0.0267. The number of carbonyl (C=O) groups is 1. The van der Waals surface area contributed by atoms with E-state index < -0.39 is 29.8 Å². The number of aryl methyl sites for hydroxylation is 1. The summed E-state index contributed by atoms with van der Waals surface area (Å²) in [6.07, 6.45) is -5.05. The highest BCUT2D eigenvalue weighted by molar-refractivity contribution is 5.76. The zero-order valence-corrected chi connectivity index (χ0v) is 12.4. The molecule has 0 bridgehead atoms. The Morgan fingerprint density at radius 1 is 1.00 bits per heavy atom. The van der Waals surface area contributed by atoms with Crippen molar-refractivity contribution in [2.45, 2.75) is 25.1 Å². The molecule has 2 nitrogen and oxygen atoms in total. The number of nitrogens with one attached hydrogen (secondary N) is 1. The molecule has 2 rings (SSSR count). The number of carbonyl (C=O) groups excluding carboxylic acids is 1. The quantitative estimate of drug-likeness (QED) is 0.805. The zero-order chi connectivity index (χ0) is 17.7. The van der Waals surface area contributed by atoms with Gasteiger partial charge in [0.2, 0.25) is 5.91 Å². The molecule has 1 amide bonds. The van der Waals surface area contributed by atoms with Crippen LogP contribution in [0.1, 0.15) is 23.6 Å². The monoisotopic (exact) mass is 343 g/mol. The Morgan fingerprint density at radius 2 is 1.62 bits per heavy atom.